The predicted octanol–water partition coefficient (Wildman–Crippen LogP) is 1.55. The Hall–Kier alpha value is -1.81. The molecule has 4 nitrogen and oxygen atoms in total. The third-order valence-corrected chi connectivity index (χ3v) is 2.57. The van der Waals surface area contributed by atoms with Gasteiger partial charge in [-0.1, -0.05) is 0 Å². The largest absolute Gasteiger partial charge is 0.497 e. The van der Waals surface area contributed by atoms with Crippen molar-refractivity contribution in [1.29, 1.82) is 0 Å². The van der Waals surface area contributed by atoms with Crippen LogP contribution in [0, 0.1) is 0 Å². The van der Waals surface area contributed by atoms with Crippen LogP contribution in [0.3, 0.4) is 0 Å². The molecule has 0 bridgehead atoms. The van der Waals surface area contributed by atoms with Crippen LogP contribution in [0.4, 0.5) is 0 Å². The monoisotopic (exact) mass is 217 g/mol. The second-order valence-electron chi connectivity index (χ2n) is 3.58. The first-order valence-electron chi connectivity index (χ1n) is 5.11. The number of methoxy groups -OCH3 is 1. The van der Waals surface area contributed by atoms with Gasteiger partial charge >= 0.3 is 0 Å². The number of benzene rings is 1. The standard InChI is InChI=1S/C12H15N3O/c1-15-8-14-11(7-13)12(15)9-3-5-10(16-2)6-4-9/h3-6,8H,7,13H2,1-2H3. The van der Waals surface area contributed by atoms with E-state index in [4.69, 9.17) is 10.5 Å². The average molecular weight is 217 g/mol. The number of aryl methyl sites for hydroxylation is 1. The summed E-state index contributed by atoms with van der Waals surface area (Å²) in [6.45, 7) is 0.447. The summed E-state index contributed by atoms with van der Waals surface area (Å²) < 4.78 is 7.10. The highest BCUT2D eigenvalue weighted by Gasteiger charge is 2.09. The number of imidazole rings is 1. The highest BCUT2D eigenvalue weighted by atomic mass is 16.5. The molecule has 0 radical (unpaired) electrons. The first kappa shape index (κ1) is 10.7. The molecule has 0 saturated carbocycles. The van der Waals surface area contributed by atoms with E-state index in [0.29, 0.717) is 6.54 Å². The van der Waals surface area contributed by atoms with Crippen molar-refractivity contribution in [3.05, 3.63) is 36.3 Å². The molecule has 16 heavy (non-hydrogen) atoms. The molecule has 0 spiro atoms. The maximum atomic E-state index is 5.66. The summed E-state index contributed by atoms with van der Waals surface area (Å²) in [6, 6.07) is 7.88. The summed E-state index contributed by atoms with van der Waals surface area (Å²) >= 11 is 0. The van der Waals surface area contributed by atoms with Crippen LogP contribution in [0.1, 0.15) is 5.69 Å². The molecule has 0 amide bonds. The second kappa shape index (κ2) is 4.37. The maximum Gasteiger partial charge on any atom is 0.118 e. The van der Waals surface area contributed by atoms with E-state index in [9.17, 15) is 0 Å². The highest BCUT2D eigenvalue weighted by molar-refractivity contribution is 5.63. The van der Waals surface area contributed by atoms with E-state index in [2.05, 4.69) is 4.98 Å². The topological polar surface area (TPSA) is 53.1 Å². The number of hydrogen-bond acceptors (Lipinski definition) is 3. The number of nitrogens with two attached hydrogens (primary N) is 1. The molecule has 2 aromatic rings. The molecule has 0 saturated heterocycles. The van der Waals surface area contributed by atoms with Gasteiger partial charge in [-0.2, -0.15) is 0 Å². The minimum atomic E-state index is 0.447. The van der Waals surface area contributed by atoms with Crippen LogP contribution in [0.5, 0.6) is 5.75 Å². The van der Waals surface area contributed by atoms with Gasteiger partial charge < -0.3 is 15.0 Å². The van der Waals surface area contributed by atoms with Gasteiger partial charge in [-0.15, -0.1) is 0 Å². The fourth-order valence-corrected chi connectivity index (χ4v) is 1.75. The molecule has 2 rings (SSSR count). The van der Waals surface area contributed by atoms with Crippen LogP contribution in [-0.4, -0.2) is 16.7 Å². The molecule has 1 aromatic carbocycles. The summed E-state index contributed by atoms with van der Waals surface area (Å²) in [6.07, 6.45) is 1.78. The van der Waals surface area contributed by atoms with Gasteiger partial charge in [0.25, 0.3) is 0 Å². The highest BCUT2D eigenvalue weighted by Crippen LogP contribution is 2.24. The molecular formula is C12H15N3O. The van der Waals surface area contributed by atoms with E-state index in [1.54, 1.807) is 13.4 Å². The molecule has 1 heterocycles. The van der Waals surface area contributed by atoms with E-state index >= 15 is 0 Å². The van der Waals surface area contributed by atoms with Crippen molar-refractivity contribution in [1.82, 2.24) is 9.55 Å². The third-order valence-electron chi connectivity index (χ3n) is 2.57. The number of nitrogens with zero attached hydrogens (tertiary/aromatic N) is 2. The number of aromatic nitrogens is 2. The zero-order valence-corrected chi connectivity index (χ0v) is 9.47. The molecule has 0 atom stereocenters. The Balaban J connectivity index is 2.45. The third kappa shape index (κ3) is 1.79. The van der Waals surface area contributed by atoms with E-state index in [0.717, 1.165) is 22.7 Å². The first-order chi connectivity index (χ1) is 7.76. The number of ether oxygens (including phenoxy) is 1. The Morgan fingerprint density at radius 1 is 1.31 bits per heavy atom. The van der Waals surface area contributed by atoms with Crippen molar-refractivity contribution in [3.63, 3.8) is 0 Å². The average Bonchev–Trinajstić information content (AvgIpc) is 2.70. The van der Waals surface area contributed by atoms with Gasteiger partial charge in [0.15, 0.2) is 0 Å². The van der Waals surface area contributed by atoms with E-state index in [-0.39, 0.29) is 0 Å². The van der Waals surface area contributed by atoms with E-state index in [1.807, 2.05) is 35.9 Å². The summed E-state index contributed by atoms with van der Waals surface area (Å²) in [5.41, 5.74) is 8.73. The molecule has 0 fully saturated rings. The Morgan fingerprint density at radius 2 is 2.00 bits per heavy atom. The summed E-state index contributed by atoms with van der Waals surface area (Å²) in [7, 11) is 3.62. The fraction of sp³-hybridized carbons (Fsp3) is 0.250. The SMILES string of the molecule is COc1ccc(-c2c(CN)ncn2C)cc1. The minimum absolute atomic E-state index is 0.447. The minimum Gasteiger partial charge on any atom is -0.497 e. The lowest BCUT2D eigenvalue weighted by atomic mass is 10.1. The molecule has 0 aliphatic carbocycles. The van der Waals surface area contributed by atoms with Gasteiger partial charge in [0.1, 0.15) is 5.75 Å². The molecular weight excluding hydrogens is 202 g/mol. The Kier molecular flexibility index (Phi) is 2.92. The van der Waals surface area contributed by atoms with E-state index in [1.165, 1.54) is 0 Å². The van der Waals surface area contributed by atoms with Crippen LogP contribution in [0.25, 0.3) is 11.3 Å². The van der Waals surface area contributed by atoms with Gasteiger partial charge in [-0.05, 0) is 24.3 Å². The van der Waals surface area contributed by atoms with Crippen LogP contribution in [-0.2, 0) is 13.6 Å². The molecule has 4 heteroatoms. The van der Waals surface area contributed by atoms with Gasteiger partial charge in [0, 0.05) is 19.2 Å². The quantitative estimate of drug-likeness (QED) is 0.848. The van der Waals surface area contributed by atoms with Crippen LogP contribution < -0.4 is 10.5 Å². The molecule has 0 aliphatic heterocycles. The normalized spacial score (nSPS) is 10.4. The Labute approximate surface area is 94.7 Å². The van der Waals surface area contributed by atoms with Gasteiger partial charge in [-0.3, -0.25) is 0 Å². The van der Waals surface area contributed by atoms with Gasteiger partial charge in [-0.25, -0.2) is 4.98 Å². The van der Waals surface area contributed by atoms with E-state index < -0.39 is 0 Å². The van der Waals surface area contributed by atoms with Crippen LogP contribution in [0.15, 0.2) is 30.6 Å². The molecule has 0 aliphatic rings. The molecule has 0 unspecified atom stereocenters. The van der Waals surface area contributed by atoms with Crippen molar-refractivity contribution in [2.24, 2.45) is 12.8 Å². The molecule has 1 aromatic heterocycles. The fourth-order valence-electron chi connectivity index (χ4n) is 1.75. The van der Waals surface area contributed by atoms with Gasteiger partial charge in [0.05, 0.1) is 24.8 Å². The van der Waals surface area contributed by atoms with Crippen molar-refractivity contribution in [2.45, 2.75) is 6.54 Å². The van der Waals surface area contributed by atoms with Crippen molar-refractivity contribution >= 4 is 0 Å². The lowest BCUT2D eigenvalue weighted by Gasteiger charge is -2.06. The smallest absolute Gasteiger partial charge is 0.118 e. The van der Waals surface area contributed by atoms with Crippen LogP contribution in [0.2, 0.25) is 0 Å². The zero-order chi connectivity index (χ0) is 11.5. The molecule has 2 N–H and O–H groups in total. The first-order valence-corrected chi connectivity index (χ1v) is 5.11. The summed E-state index contributed by atoms with van der Waals surface area (Å²) in [5.74, 6) is 0.847. The zero-order valence-electron chi connectivity index (χ0n) is 9.47. The van der Waals surface area contributed by atoms with Crippen molar-refractivity contribution in [2.75, 3.05) is 7.11 Å². The predicted molar refractivity (Wildman–Crippen MR) is 63.1 cm³/mol. The summed E-state index contributed by atoms with van der Waals surface area (Å²) in [5, 5.41) is 0. The van der Waals surface area contributed by atoms with Gasteiger partial charge in [0.2, 0.25) is 0 Å². The lowest BCUT2D eigenvalue weighted by molar-refractivity contribution is 0.415. The van der Waals surface area contributed by atoms with Crippen LogP contribution >= 0.6 is 0 Å². The Bertz CT molecular complexity index is 474. The molecule has 84 valence electrons. The maximum absolute atomic E-state index is 5.66. The van der Waals surface area contributed by atoms with Crippen molar-refractivity contribution in [3.8, 4) is 17.0 Å². The number of rotatable bonds is 3. The second-order valence-corrected chi connectivity index (χ2v) is 3.58. The Morgan fingerprint density at radius 3 is 2.56 bits per heavy atom. The summed E-state index contributed by atoms with van der Waals surface area (Å²) in [4.78, 5) is 4.26. The van der Waals surface area contributed by atoms with Crippen molar-refractivity contribution < 1.29 is 4.74 Å². The lowest BCUT2D eigenvalue weighted by Crippen LogP contribution is -2.00. The number of hydrogen-bond donors (Lipinski definition) is 1.